The van der Waals surface area contributed by atoms with Crippen molar-refractivity contribution in [3.63, 3.8) is 0 Å². The van der Waals surface area contributed by atoms with Gasteiger partial charge in [-0.1, -0.05) is 11.6 Å². The zero-order chi connectivity index (χ0) is 27.1. The third-order valence-corrected chi connectivity index (χ3v) is 6.09. The van der Waals surface area contributed by atoms with Crippen molar-refractivity contribution in [2.45, 2.75) is 53.8 Å². The summed E-state index contributed by atoms with van der Waals surface area (Å²) in [6, 6.07) is 6.42. The third-order valence-electron chi connectivity index (χ3n) is 5.74. The van der Waals surface area contributed by atoms with Crippen LogP contribution in [0.5, 0.6) is 5.75 Å². The van der Waals surface area contributed by atoms with Crippen LogP contribution in [0.3, 0.4) is 0 Å². The second-order valence-electron chi connectivity index (χ2n) is 9.49. The Balaban J connectivity index is 1.75. The Bertz CT molecular complexity index is 1540. The van der Waals surface area contributed by atoms with Crippen molar-refractivity contribution in [3.05, 3.63) is 91.9 Å². The molecule has 37 heavy (non-hydrogen) atoms. The van der Waals surface area contributed by atoms with Crippen LogP contribution in [-0.2, 0) is 12.2 Å². The molecule has 0 aromatic carbocycles. The molecule has 0 fully saturated rings. The number of aryl methyl sites for hydroxylation is 4. The summed E-state index contributed by atoms with van der Waals surface area (Å²) in [5.74, 6) is -0.163. The van der Waals surface area contributed by atoms with Gasteiger partial charge in [0.15, 0.2) is 5.82 Å². The number of nitrogens with zero attached hydrogens (tertiary/aromatic N) is 5. The number of ether oxygens (including phenoxy) is 1. The van der Waals surface area contributed by atoms with Gasteiger partial charge in [-0.05, 0) is 76.4 Å². The van der Waals surface area contributed by atoms with Gasteiger partial charge in [0.05, 0.1) is 22.8 Å². The van der Waals surface area contributed by atoms with Gasteiger partial charge in [0.2, 0.25) is 5.95 Å². The van der Waals surface area contributed by atoms with Crippen LogP contribution in [0.1, 0.15) is 47.8 Å². The number of pyridine rings is 3. The molecular formula is C27H27ClFN5O3. The van der Waals surface area contributed by atoms with Crippen molar-refractivity contribution in [1.29, 1.82) is 0 Å². The number of rotatable bonds is 6. The lowest BCUT2D eigenvalue weighted by Gasteiger charge is -2.18. The average molecular weight is 524 g/mol. The highest BCUT2D eigenvalue weighted by molar-refractivity contribution is 6.31. The molecule has 0 radical (unpaired) electrons. The molecule has 4 heterocycles. The molecule has 4 aromatic heterocycles. The second-order valence-corrected chi connectivity index (χ2v) is 9.87. The van der Waals surface area contributed by atoms with Gasteiger partial charge in [-0.3, -0.25) is 14.3 Å². The minimum atomic E-state index is -1.23. The Labute approximate surface area is 218 Å². The van der Waals surface area contributed by atoms with E-state index in [2.05, 4.69) is 19.9 Å². The van der Waals surface area contributed by atoms with Gasteiger partial charge in [-0.25, -0.2) is 15.0 Å². The maximum atomic E-state index is 13.6. The summed E-state index contributed by atoms with van der Waals surface area (Å²) in [5.41, 5.74) is 3.11. The topological polar surface area (TPSA) is 103 Å². The molecule has 4 aromatic rings. The van der Waals surface area contributed by atoms with Gasteiger partial charge in [-0.15, -0.1) is 0 Å². The van der Waals surface area contributed by atoms with Crippen molar-refractivity contribution in [3.8, 4) is 22.8 Å². The van der Waals surface area contributed by atoms with E-state index in [1.807, 2.05) is 13.8 Å². The minimum absolute atomic E-state index is 0.0455. The van der Waals surface area contributed by atoms with Gasteiger partial charge in [0.1, 0.15) is 23.0 Å². The molecule has 0 aliphatic heterocycles. The predicted octanol–water partition coefficient (Wildman–Crippen LogP) is 4.92. The van der Waals surface area contributed by atoms with Gasteiger partial charge in [0.25, 0.3) is 5.56 Å². The lowest BCUT2D eigenvalue weighted by atomic mass is 10.1. The molecule has 4 rings (SSSR count). The van der Waals surface area contributed by atoms with E-state index < -0.39 is 17.1 Å². The van der Waals surface area contributed by atoms with E-state index in [9.17, 15) is 14.3 Å². The highest BCUT2D eigenvalue weighted by Crippen LogP contribution is 2.28. The lowest BCUT2D eigenvalue weighted by molar-refractivity contribution is 0.0688. The molecule has 0 bridgehead atoms. The number of hydrogen-bond donors (Lipinski definition) is 1. The molecule has 0 saturated carbocycles. The van der Waals surface area contributed by atoms with Crippen molar-refractivity contribution < 1.29 is 14.2 Å². The first-order chi connectivity index (χ1) is 17.3. The molecule has 0 unspecified atom stereocenters. The van der Waals surface area contributed by atoms with E-state index >= 15 is 0 Å². The molecular weight excluding hydrogens is 497 g/mol. The number of halogens is 2. The second kappa shape index (κ2) is 9.99. The van der Waals surface area contributed by atoms with Crippen molar-refractivity contribution in [1.82, 2.24) is 24.5 Å². The first kappa shape index (κ1) is 26.4. The summed E-state index contributed by atoms with van der Waals surface area (Å²) in [4.78, 5) is 30.5. The lowest BCUT2D eigenvalue weighted by Crippen LogP contribution is -2.23. The van der Waals surface area contributed by atoms with Gasteiger partial charge in [0, 0.05) is 24.2 Å². The molecule has 0 aliphatic carbocycles. The highest BCUT2D eigenvalue weighted by atomic mass is 35.5. The van der Waals surface area contributed by atoms with Crippen LogP contribution in [0.15, 0.2) is 41.5 Å². The number of aromatic nitrogens is 5. The highest BCUT2D eigenvalue weighted by Gasteiger charge is 2.22. The molecule has 192 valence electrons. The summed E-state index contributed by atoms with van der Waals surface area (Å²) in [5, 5.41) is 10.2. The first-order valence-electron chi connectivity index (χ1n) is 11.6. The van der Waals surface area contributed by atoms with Crippen LogP contribution in [-0.4, -0.2) is 29.6 Å². The van der Waals surface area contributed by atoms with Crippen molar-refractivity contribution >= 4 is 11.6 Å². The fourth-order valence-corrected chi connectivity index (χ4v) is 4.08. The molecule has 10 heteroatoms. The monoisotopic (exact) mass is 523 g/mol. The number of aliphatic hydroxyl groups is 1. The molecule has 8 nitrogen and oxygen atoms in total. The zero-order valence-electron chi connectivity index (χ0n) is 21.4. The summed E-state index contributed by atoms with van der Waals surface area (Å²) >= 11 is 6.44. The predicted molar refractivity (Wildman–Crippen MR) is 139 cm³/mol. The zero-order valence-corrected chi connectivity index (χ0v) is 22.2. The van der Waals surface area contributed by atoms with Crippen molar-refractivity contribution in [2.75, 3.05) is 0 Å². The summed E-state index contributed by atoms with van der Waals surface area (Å²) in [7, 11) is 0. The van der Waals surface area contributed by atoms with Crippen LogP contribution < -0.4 is 10.3 Å². The Morgan fingerprint density at radius 1 is 1.03 bits per heavy atom. The minimum Gasteiger partial charge on any atom is -0.485 e. The van der Waals surface area contributed by atoms with E-state index in [0.29, 0.717) is 34.0 Å². The fraction of sp³-hybridized carbons (Fsp3) is 0.296. The van der Waals surface area contributed by atoms with E-state index in [1.165, 1.54) is 10.6 Å². The van der Waals surface area contributed by atoms with Crippen LogP contribution in [0.4, 0.5) is 4.39 Å². The van der Waals surface area contributed by atoms with E-state index in [-0.39, 0.29) is 23.2 Å². The van der Waals surface area contributed by atoms with Crippen LogP contribution in [0, 0.1) is 33.6 Å². The molecule has 0 atom stereocenters. The molecule has 0 aliphatic rings. The van der Waals surface area contributed by atoms with Crippen LogP contribution >= 0.6 is 11.6 Å². The Kier molecular flexibility index (Phi) is 7.12. The van der Waals surface area contributed by atoms with Gasteiger partial charge in [-0.2, -0.15) is 4.39 Å². The van der Waals surface area contributed by atoms with Crippen molar-refractivity contribution in [2.24, 2.45) is 0 Å². The summed E-state index contributed by atoms with van der Waals surface area (Å²) in [6.07, 6.45) is 3.28. The van der Waals surface area contributed by atoms with E-state index in [4.69, 9.17) is 16.3 Å². The maximum absolute atomic E-state index is 13.6. The summed E-state index contributed by atoms with van der Waals surface area (Å²) < 4.78 is 20.9. The SMILES string of the molecule is Cc1cc(F)nc(COc2cc(C)n(-c3cc(-c4nc(C(C)(C)O)ncc4C)ncc3C)c(=O)c2Cl)c1. The molecule has 0 amide bonds. The molecule has 0 spiro atoms. The largest absolute Gasteiger partial charge is 0.485 e. The van der Waals surface area contributed by atoms with Gasteiger partial charge >= 0.3 is 0 Å². The van der Waals surface area contributed by atoms with Crippen LogP contribution in [0.25, 0.3) is 17.1 Å². The number of hydrogen-bond acceptors (Lipinski definition) is 7. The van der Waals surface area contributed by atoms with E-state index in [0.717, 1.165) is 11.1 Å². The Morgan fingerprint density at radius 3 is 2.41 bits per heavy atom. The standard InChI is InChI=1S/C27H27ClFN5O3/c1-14-7-18(32-22(29)8-14)13-37-21-9-17(4)34(25(35)23(21)28)20-10-19(30-11-15(20)2)24-16(3)12-31-26(33-24)27(5,6)36/h7-12,36H,13H2,1-6H3. The average Bonchev–Trinajstić information content (AvgIpc) is 2.81. The Morgan fingerprint density at radius 2 is 1.73 bits per heavy atom. The first-order valence-corrected chi connectivity index (χ1v) is 11.9. The van der Waals surface area contributed by atoms with E-state index in [1.54, 1.807) is 58.3 Å². The van der Waals surface area contributed by atoms with Crippen LogP contribution in [0.2, 0.25) is 5.02 Å². The third kappa shape index (κ3) is 5.52. The van der Waals surface area contributed by atoms with Gasteiger partial charge < -0.3 is 9.84 Å². The normalized spacial score (nSPS) is 11.6. The Hall–Kier alpha value is -3.69. The fourth-order valence-electron chi connectivity index (χ4n) is 3.89. The summed E-state index contributed by atoms with van der Waals surface area (Å²) in [6.45, 7) is 10.4. The molecule has 1 N–H and O–H groups in total. The quantitative estimate of drug-likeness (QED) is 0.358. The maximum Gasteiger partial charge on any atom is 0.277 e. The molecule has 0 saturated heterocycles. The smallest absolute Gasteiger partial charge is 0.277 e.